The molecule has 1 aromatic carbocycles. The Morgan fingerprint density at radius 3 is 2.74 bits per heavy atom. The predicted molar refractivity (Wildman–Crippen MR) is 103 cm³/mol. The number of guanidine groups is 1. The van der Waals surface area contributed by atoms with Crippen molar-refractivity contribution in [2.24, 2.45) is 10.9 Å². The third-order valence-corrected chi connectivity index (χ3v) is 4.63. The zero-order chi connectivity index (χ0) is 19.1. The van der Waals surface area contributed by atoms with Crippen LogP contribution in [0.3, 0.4) is 0 Å². The van der Waals surface area contributed by atoms with Gasteiger partial charge in [0.2, 0.25) is 5.89 Å². The molecule has 2 aromatic rings. The topological polar surface area (TPSA) is 80.0 Å². The van der Waals surface area contributed by atoms with Gasteiger partial charge in [0.15, 0.2) is 5.96 Å². The number of piperidine rings is 1. The highest BCUT2D eigenvalue weighted by atomic mass is 16.5. The van der Waals surface area contributed by atoms with Gasteiger partial charge in [0, 0.05) is 25.7 Å². The molecule has 2 heterocycles. The molecular weight excluding hydrogens is 344 g/mol. The summed E-state index contributed by atoms with van der Waals surface area (Å²) in [6.45, 7) is 4.35. The lowest BCUT2D eigenvalue weighted by Gasteiger charge is -2.33. The number of hydrogen-bond donors (Lipinski definition) is 1. The van der Waals surface area contributed by atoms with Crippen LogP contribution in [0, 0.1) is 5.92 Å². The summed E-state index contributed by atoms with van der Waals surface area (Å²) in [5.41, 5.74) is 1.77. The Bertz CT molecular complexity index is 765. The first-order valence-electron chi connectivity index (χ1n) is 9.33. The Balaban J connectivity index is 1.52. The van der Waals surface area contributed by atoms with Crippen LogP contribution in [0.2, 0.25) is 0 Å². The zero-order valence-corrected chi connectivity index (χ0v) is 15.9. The van der Waals surface area contributed by atoms with E-state index in [-0.39, 0.29) is 11.9 Å². The summed E-state index contributed by atoms with van der Waals surface area (Å²) in [5, 5.41) is 3.33. The first kappa shape index (κ1) is 18.9. The molecule has 0 spiro atoms. The van der Waals surface area contributed by atoms with Crippen LogP contribution in [0.5, 0.6) is 0 Å². The molecular formula is C20H26N4O3. The number of carbonyl (C=O) groups is 1. The number of oxazole rings is 1. The van der Waals surface area contributed by atoms with Crippen LogP contribution >= 0.6 is 0 Å². The van der Waals surface area contributed by atoms with Crippen LogP contribution in [-0.4, -0.2) is 48.6 Å². The van der Waals surface area contributed by atoms with Crippen LogP contribution in [0.1, 0.15) is 25.5 Å². The van der Waals surface area contributed by atoms with E-state index in [0.717, 1.165) is 43.1 Å². The van der Waals surface area contributed by atoms with Crippen LogP contribution in [0.15, 0.2) is 46.0 Å². The molecule has 7 heteroatoms. The number of likely N-dealkylation sites (tertiary alicyclic amines) is 1. The molecule has 1 aromatic heterocycles. The van der Waals surface area contributed by atoms with Crippen molar-refractivity contribution >= 4 is 11.9 Å². The molecule has 0 unspecified atom stereocenters. The van der Waals surface area contributed by atoms with E-state index in [0.29, 0.717) is 19.0 Å². The molecule has 0 aliphatic carbocycles. The molecule has 1 saturated heterocycles. The first-order chi connectivity index (χ1) is 13.2. The number of hydrogen-bond acceptors (Lipinski definition) is 5. The highest BCUT2D eigenvalue weighted by Crippen LogP contribution is 2.20. The Labute approximate surface area is 159 Å². The second kappa shape index (κ2) is 9.21. The quantitative estimate of drug-likeness (QED) is 0.495. The van der Waals surface area contributed by atoms with Gasteiger partial charge in [0.05, 0.1) is 24.8 Å². The maximum atomic E-state index is 11.9. The largest absolute Gasteiger partial charge is 0.466 e. The van der Waals surface area contributed by atoms with Crippen molar-refractivity contribution in [2.45, 2.75) is 26.3 Å². The maximum absolute atomic E-state index is 11.9. The fourth-order valence-electron chi connectivity index (χ4n) is 3.19. The average molecular weight is 370 g/mol. The monoisotopic (exact) mass is 370 g/mol. The summed E-state index contributed by atoms with van der Waals surface area (Å²) in [6, 6.07) is 9.81. The molecule has 0 saturated carbocycles. The second-order valence-corrected chi connectivity index (χ2v) is 6.42. The van der Waals surface area contributed by atoms with E-state index in [9.17, 15) is 4.79 Å². The third-order valence-electron chi connectivity index (χ3n) is 4.63. The molecule has 144 valence electrons. The third kappa shape index (κ3) is 4.87. The number of carbonyl (C=O) groups excluding carboxylic acids is 1. The molecule has 0 atom stereocenters. The molecule has 1 aliphatic heterocycles. The molecule has 0 bridgehead atoms. The van der Waals surface area contributed by atoms with E-state index in [2.05, 4.69) is 20.2 Å². The van der Waals surface area contributed by atoms with Crippen LogP contribution in [0.25, 0.3) is 11.5 Å². The van der Waals surface area contributed by atoms with Gasteiger partial charge in [-0.15, -0.1) is 0 Å². The predicted octanol–water partition coefficient (Wildman–Crippen LogP) is 2.69. The van der Waals surface area contributed by atoms with E-state index in [1.165, 1.54) is 0 Å². The van der Waals surface area contributed by atoms with Crippen LogP contribution < -0.4 is 5.32 Å². The summed E-state index contributed by atoms with van der Waals surface area (Å²) in [6.07, 6.45) is 3.22. The average Bonchev–Trinajstić information content (AvgIpc) is 3.19. The van der Waals surface area contributed by atoms with Crippen molar-refractivity contribution in [1.29, 1.82) is 0 Å². The van der Waals surface area contributed by atoms with Gasteiger partial charge in [-0.25, -0.2) is 4.98 Å². The minimum atomic E-state index is -0.0869. The summed E-state index contributed by atoms with van der Waals surface area (Å²) in [7, 11) is 1.76. The van der Waals surface area contributed by atoms with E-state index >= 15 is 0 Å². The van der Waals surface area contributed by atoms with Crippen LogP contribution in [0.4, 0.5) is 0 Å². The van der Waals surface area contributed by atoms with Crippen molar-refractivity contribution < 1.29 is 13.9 Å². The molecule has 1 aliphatic rings. The van der Waals surface area contributed by atoms with Crippen LogP contribution in [-0.2, 0) is 16.1 Å². The Morgan fingerprint density at radius 1 is 1.33 bits per heavy atom. The molecule has 1 N–H and O–H groups in total. The summed E-state index contributed by atoms with van der Waals surface area (Å²) in [5.74, 6) is 1.32. The minimum Gasteiger partial charge on any atom is -0.466 e. The lowest BCUT2D eigenvalue weighted by Crippen LogP contribution is -2.46. The molecule has 27 heavy (non-hydrogen) atoms. The smallest absolute Gasteiger partial charge is 0.309 e. The van der Waals surface area contributed by atoms with Gasteiger partial charge in [-0.3, -0.25) is 9.79 Å². The number of aromatic nitrogens is 1. The van der Waals surface area contributed by atoms with E-state index in [1.807, 2.05) is 37.3 Å². The van der Waals surface area contributed by atoms with Gasteiger partial charge in [-0.05, 0) is 31.9 Å². The van der Waals surface area contributed by atoms with E-state index in [4.69, 9.17) is 9.15 Å². The van der Waals surface area contributed by atoms with Gasteiger partial charge in [0.25, 0.3) is 0 Å². The number of aliphatic imine (C=N–C) groups is 1. The summed E-state index contributed by atoms with van der Waals surface area (Å²) in [4.78, 5) is 22.9. The summed E-state index contributed by atoms with van der Waals surface area (Å²) >= 11 is 0. The van der Waals surface area contributed by atoms with Crippen molar-refractivity contribution in [1.82, 2.24) is 15.2 Å². The maximum Gasteiger partial charge on any atom is 0.309 e. The highest BCUT2D eigenvalue weighted by Gasteiger charge is 2.27. The Hall–Kier alpha value is -2.83. The standard InChI is InChI=1S/C20H26N4O3/c1-3-26-19(25)16-9-11-24(12-10-16)20(21-2)22-13-17-14-27-18(23-17)15-7-5-4-6-8-15/h4-8,14,16H,3,9-13H2,1-2H3,(H,21,22). The SMILES string of the molecule is CCOC(=O)C1CCN(C(=NC)NCc2coc(-c3ccccc3)n2)CC1. The minimum absolute atomic E-state index is 0.0109. The van der Waals surface area contributed by atoms with Gasteiger partial charge in [0.1, 0.15) is 6.26 Å². The number of rotatable bonds is 5. The number of nitrogens with zero attached hydrogens (tertiary/aromatic N) is 3. The number of nitrogens with one attached hydrogen (secondary N) is 1. The van der Waals surface area contributed by atoms with Gasteiger partial charge >= 0.3 is 5.97 Å². The molecule has 3 rings (SSSR count). The lowest BCUT2D eigenvalue weighted by molar-refractivity contribution is -0.149. The first-order valence-corrected chi connectivity index (χ1v) is 9.33. The van der Waals surface area contributed by atoms with Crippen molar-refractivity contribution in [3.63, 3.8) is 0 Å². The fraction of sp³-hybridized carbons (Fsp3) is 0.450. The number of ether oxygens (including phenoxy) is 1. The fourth-order valence-corrected chi connectivity index (χ4v) is 3.19. The Morgan fingerprint density at radius 2 is 2.07 bits per heavy atom. The number of benzene rings is 1. The van der Waals surface area contributed by atoms with Gasteiger partial charge in [-0.1, -0.05) is 18.2 Å². The Kier molecular flexibility index (Phi) is 6.46. The lowest BCUT2D eigenvalue weighted by atomic mass is 9.97. The molecule has 7 nitrogen and oxygen atoms in total. The molecule has 0 radical (unpaired) electrons. The van der Waals surface area contributed by atoms with E-state index < -0.39 is 0 Å². The second-order valence-electron chi connectivity index (χ2n) is 6.42. The molecule has 1 fully saturated rings. The van der Waals surface area contributed by atoms with Crippen molar-refractivity contribution in [3.8, 4) is 11.5 Å². The van der Waals surface area contributed by atoms with E-state index in [1.54, 1.807) is 13.3 Å². The van der Waals surface area contributed by atoms with Crippen molar-refractivity contribution in [2.75, 3.05) is 26.7 Å². The van der Waals surface area contributed by atoms with Gasteiger partial charge in [-0.2, -0.15) is 0 Å². The normalized spacial score (nSPS) is 15.6. The summed E-state index contributed by atoms with van der Waals surface area (Å²) < 4.78 is 10.7. The van der Waals surface area contributed by atoms with Gasteiger partial charge < -0.3 is 19.4 Å². The number of esters is 1. The highest BCUT2D eigenvalue weighted by molar-refractivity contribution is 5.80. The molecule has 0 amide bonds. The van der Waals surface area contributed by atoms with Crippen molar-refractivity contribution in [3.05, 3.63) is 42.3 Å². The zero-order valence-electron chi connectivity index (χ0n) is 15.9.